The number of halogens is 4. The zero-order valence-electron chi connectivity index (χ0n) is 20.8. The van der Waals surface area contributed by atoms with Crippen LogP contribution in [0.15, 0.2) is 30.6 Å². The predicted molar refractivity (Wildman–Crippen MR) is 133 cm³/mol. The van der Waals surface area contributed by atoms with Crippen LogP contribution in [0.3, 0.4) is 0 Å². The maximum absolute atomic E-state index is 15.0. The van der Waals surface area contributed by atoms with Crippen LogP contribution in [0.4, 0.5) is 23.5 Å². The molecule has 2 saturated heterocycles. The molecule has 2 fully saturated rings. The van der Waals surface area contributed by atoms with Gasteiger partial charge in [0.05, 0.1) is 11.9 Å². The molecule has 3 aromatic rings. The van der Waals surface area contributed by atoms with Crippen molar-refractivity contribution in [2.75, 3.05) is 37.8 Å². The Morgan fingerprint density at radius 3 is 2.42 bits per heavy atom. The Balaban J connectivity index is 1.44. The van der Waals surface area contributed by atoms with E-state index >= 15 is 4.39 Å². The zero-order chi connectivity index (χ0) is 27.2. The van der Waals surface area contributed by atoms with Gasteiger partial charge in [-0.15, -0.1) is 0 Å². The van der Waals surface area contributed by atoms with E-state index in [1.165, 1.54) is 21.1 Å². The Labute approximate surface area is 217 Å². The Morgan fingerprint density at radius 1 is 1.13 bits per heavy atom. The lowest BCUT2D eigenvalue weighted by Crippen LogP contribution is -2.42. The van der Waals surface area contributed by atoms with Gasteiger partial charge in [-0.25, -0.2) is 32.1 Å². The number of hydrogen-bond acceptors (Lipinski definition) is 7. The third-order valence-electron chi connectivity index (χ3n) is 6.96. The van der Waals surface area contributed by atoms with Crippen LogP contribution in [-0.2, 0) is 16.2 Å². The molecule has 0 radical (unpaired) electrons. The van der Waals surface area contributed by atoms with Crippen molar-refractivity contribution in [3.05, 3.63) is 53.4 Å². The molecule has 38 heavy (non-hydrogen) atoms. The highest BCUT2D eigenvalue weighted by atomic mass is 32.2. The average molecular weight is 554 g/mol. The maximum atomic E-state index is 15.0. The molecule has 0 saturated carbocycles. The number of aromatic nitrogens is 4. The summed E-state index contributed by atoms with van der Waals surface area (Å²) in [6.07, 6.45) is -0.661. The summed E-state index contributed by atoms with van der Waals surface area (Å²) in [5, 5.41) is 6.16. The summed E-state index contributed by atoms with van der Waals surface area (Å²) in [7, 11) is -3.31. The van der Waals surface area contributed by atoms with Crippen LogP contribution in [0.25, 0.3) is 17.1 Å². The molecule has 2 aliphatic heterocycles. The van der Waals surface area contributed by atoms with Crippen molar-refractivity contribution in [1.82, 2.24) is 29.1 Å². The van der Waals surface area contributed by atoms with Crippen molar-refractivity contribution in [3.63, 3.8) is 0 Å². The molecule has 5 rings (SSSR count). The lowest BCUT2D eigenvalue weighted by atomic mass is 9.93. The zero-order valence-corrected chi connectivity index (χ0v) is 21.6. The van der Waals surface area contributed by atoms with Gasteiger partial charge in [-0.05, 0) is 37.5 Å². The Kier molecular flexibility index (Phi) is 6.90. The largest absolute Gasteiger partial charge is 0.420 e. The highest BCUT2D eigenvalue weighted by Crippen LogP contribution is 2.36. The van der Waals surface area contributed by atoms with E-state index in [-0.39, 0.29) is 42.4 Å². The SMILES string of the molecule is Cc1nc(-c2nc(NC3CCN(S(C)(=O)=O)CC3)ncc2C(F)(F)F)cn1-c1ccc(C2CNC2)cc1F. The van der Waals surface area contributed by atoms with Crippen LogP contribution in [0.2, 0.25) is 0 Å². The van der Waals surface area contributed by atoms with Gasteiger partial charge in [0.1, 0.15) is 28.6 Å². The molecular weight excluding hydrogens is 526 g/mol. The summed E-state index contributed by atoms with van der Waals surface area (Å²) in [5.41, 5.74) is -0.526. The number of aryl methyl sites for hydroxylation is 1. The van der Waals surface area contributed by atoms with Gasteiger partial charge in [0.2, 0.25) is 16.0 Å². The normalized spacial score (nSPS) is 17.9. The number of hydrogen-bond donors (Lipinski definition) is 2. The monoisotopic (exact) mass is 553 g/mol. The van der Waals surface area contributed by atoms with E-state index in [4.69, 9.17) is 0 Å². The molecule has 1 aromatic carbocycles. The van der Waals surface area contributed by atoms with Crippen LogP contribution < -0.4 is 10.6 Å². The number of anilines is 1. The molecule has 2 N–H and O–H groups in total. The molecule has 2 aromatic heterocycles. The van der Waals surface area contributed by atoms with Gasteiger partial charge in [0, 0.05) is 50.5 Å². The second kappa shape index (κ2) is 9.89. The van der Waals surface area contributed by atoms with Crippen LogP contribution in [0.1, 0.15) is 35.7 Å². The van der Waals surface area contributed by atoms with Gasteiger partial charge in [0.15, 0.2) is 0 Å². The third kappa shape index (κ3) is 5.38. The smallest absolute Gasteiger partial charge is 0.351 e. The summed E-state index contributed by atoms with van der Waals surface area (Å²) in [5.74, 6) is 0.00914. The highest BCUT2D eigenvalue weighted by Gasteiger charge is 2.37. The van der Waals surface area contributed by atoms with Gasteiger partial charge in [-0.1, -0.05) is 6.07 Å². The summed E-state index contributed by atoms with van der Waals surface area (Å²) in [6.45, 7) is 3.70. The van der Waals surface area contributed by atoms with Crippen molar-refractivity contribution in [1.29, 1.82) is 0 Å². The van der Waals surface area contributed by atoms with Crippen LogP contribution in [0.5, 0.6) is 0 Å². The van der Waals surface area contributed by atoms with E-state index < -0.39 is 33.3 Å². The Hall–Kier alpha value is -3.10. The number of piperidine rings is 1. The molecule has 14 heteroatoms. The minimum atomic E-state index is -4.74. The summed E-state index contributed by atoms with van der Waals surface area (Å²) < 4.78 is 82.9. The highest BCUT2D eigenvalue weighted by molar-refractivity contribution is 7.88. The second-order valence-corrected chi connectivity index (χ2v) is 11.6. The number of nitrogens with one attached hydrogen (secondary N) is 2. The van der Waals surface area contributed by atoms with Crippen molar-refractivity contribution in [2.45, 2.75) is 37.9 Å². The first kappa shape index (κ1) is 26.5. The minimum Gasteiger partial charge on any atom is -0.351 e. The van der Waals surface area contributed by atoms with Gasteiger partial charge < -0.3 is 15.2 Å². The number of imidazole rings is 1. The second-order valence-electron chi connectivity index (χ2n) is 9.64. The number of rotatable bonds is 6. The third-order valence-corrected chi connectivity index (χ3v) is 8.26. The molecule has 0 amide bonds. The van der Waals surface area contributed by atoms with E-state index in [9.17, 15) is 21.6 Å². The van der Waals surface area contributed by atoms with Crippen molar-refractivity contribution < 1.29 is 26.0 Å². The van der Waals surface area contributed by atoms with Crippen LogP contribution in [-0.4, -0.2) is 70.7 Å². The molecular formula is C24H27F4N7O2S. The fraction of sp³-hybridized carbons (Fsp3) is 0.458. The summed E-state index contributed by atoms with van der Waals surface area (Å²) >= 11 is 0. The molecule has 0 spiro atoms. The quantitative estimate of drug-likeness (QED) is 0.452. The Bertz CT molecular complexity index is 1450. The molecule has 4 heterocycles. The number of benzene rings is 1. The van der Waals surface area contributed by atoms with Crippen molar-refractivity contribution in [3.8, 4) is 17.1 Å². The lowest BCUT2D eigenvalue weighted by Gasteiger charge is -2.30. The standard InChI is InChI=1S/C24H27F4N7O2S/c1-14-31-20(13-35(14)21-4-3-15(9-19(21)25)16-10-29-11-16)22-18(24(26,27)28)12-30-23(33-22)32-17-5-7-34(8-6-17)38(2,36)37/h3-4,9,12-13,16-17,29H,5-8,10-11H2,1-2H3,(H,30,32,33). The molecule has 0 atom stereocenters. The van der Waals surface area contributed by atoms with Crippen LogP contribution in [0, 0.1) is 12.7 Å². The first-order chi connectivity index (χ1) is 17.9. The summed E-state index contributed by atoms with van der Waals surface area (Å²) in [4.78, 5) is 12.3. The average Bonchev–Trinajstić information content (AvgIpc) is 3.18. The van der Waals surface area contributed by atoms with E-state index in [2.05, 4.69) is 25.6 Å². The number of sulfonamides is 1. The predicted octanol–water partition coefficient (Wildman–Crippen LogP) is 3.32. The number of nitrogens with zero attached hydrogens (tertiary/aromatic N) is 5. The van der Waals surface area contributed by atoms with Gasteiger partial charge in [0.25, 0.3) is 0 Å². The number of alkyl halides is 3. The van der Waals surface area contributed by atoms with E-state index in [1.54, 1.807) is 13.0 Å². The maximum Gasteiger partial charge on any atom is 0.420 e. The van der Waals surface area contributed by atoms with E-state index in [1.807, 2.05) is 6.07 Å². The van der Waals surface area contributed by atoms with Crippen molar-refractivity contribution in [2.24, 2.45) is 0 Å². The topological polar surface area (TPSA) is 105 Å². The molecule has 0 bridgehead atoms. The minimum absolute atomic E-state index is 0.0253. The van der Waals surface area contributed by atoms with E-state index in [0.717, 1.165) is 24.9 Å². The summed E-state index contributed by atoms with van der Waals surface area (Å²) in [6, 6.07) is 4.65. The molecule has 9 nitrogen and oxygen atoms in total. The first-order valence-corrected chi connectivity index (χ1v) is 14.0. The van der Waals surface area contributed by atoms with Gasteiger partial charge in [-0.2, -0.15) is 13.2 Å². The first-order valence-electron chi connectivity index (χ1n) is 12.1. The lowest BCUT2D eigenvalue weighted by molar-refractivity contribution is -0.137. The van der Waals surface area contributed by atoms with Gasteiger partial charge in [-0.3, -0.25) is 0 Å². The fourth-order valence-electron chi connectivity index (χ4n) is 4.70. The molecule has 0 unspecified atom stereocenters. The Morgan fingerprint density at radius 2 is 1.84 bits per heavy atom. The fourth-order valence-corrected chi connectivity index (χ4v) is 5.57. The molecule has 0 aliphatic carbocycles. The van der Waals surface area contributed by atoms with Crippen molar-refractivity contribution >= 4 is 16.0 Å². The van der Waals surface area contributed by atoms with E-state index in [0.29, 0.717) is 24.9 Å². The van der Waals surface area contributed by atoms with Gasteiger partial charge >= 0.3 is 6.18 Å². The van der Waals surface area contributed by atoms with Crippen LogP contribution >= 0.6 is 0 Å². The molecule has 204 valence electrons. The molecule has 2 aliphatic rings.